The van der Waals surface area contributed by atoms with Crippen LogP contribution in [0.15, 0.2) is 41.3 Å². The number of fused-ring (bicyclic) bond motifs is 1. The maximum Gasteiger partial charge on any atom is 0.246 e. The first kappa shape index (κ1) is 21.9. The zero-order chi connectivity index (χ0) is 21.9. The summed E-state index contributed by atoms with van der Waals surface area (Å²) in [6.45, 7) is 4.73. The fourth-order valence-electron chi connectivity index (χ4n) is 2.92. The Hall–Kier alpha value is -2.78. The van der Waals surface area contributed by atoms with Crippen molar-refractivity contribution in [2.24, 2.45) is 0 Å². The number of carbonyl (C=O) groups is 1. The van der Waals surface area contributed by atoms with Crippen molar-refractivity contribution in [3.63, 3.8) is 0 Å². The van der Waals surface area contributed by atoms with Gasteiger partial charge in [0.15, 0.2) is 11.5 Å². The van der Waals surface area contributed by atoms with Gasteiger partial charge in [-0.15, -0.1) is 0 Å². The van der Waals surface area contributed by atoms with Crippen LogP contribution in [0.2, 0.25) is 0 Å². The third-order valence-electron chi connectivity index (χ3n) is 4.77. The lowest BCUT2D eigenvalue weighted by Gasteiger charge is -2.18. The summed E-state index contributed by atoms with van der Waals surface area (Å²) in [5.74, 6) is 1.04. The van der Waals surface area contributed by atoms with Crippen molar-refractivity contribution in [1.29, 1.82) is 0 Å². The van der Waals surface area contributed by atoms with Crippen LogP contribution in [-0.4, -0.2) is 52.0 Å². The van der Waals surface area contributed by atoms with Crippen LogP contribution in [0.5, 0.6) is 11.5 Å². The highest BCUT2D eigenvalue weighted by Crippen LogP contribution is 2.32. The Labute approximate surface area is 177 Å². The van der Waals surface area contributed by atoms with Crippen LogP contribution >= 0.6 is 0 Å². The standard InChI is InChI=1S/C21H27N3O5S/c1-14-6-8-17(30(26,27)24(3)4)13-18(14)23-21(25)15(2)22-16-7-9-19-20(12-16)29-11-5-10-28-19/h6-9,12-13,15,22H,5,10-11H2,1-4H3,(H,23,25)/t15-/m1/s1. The molecule has 0 aromatic heterocycles. The molecule has 1 amide bonds. The van der Waals surface area contributed by atoms with Crippen molar-refractivity contribution in [2.75, 3.05) is 37.9 Å². The summed E-state index contributed by atoms with van der Waals surface area (Å²) in [6, 6.07) is 9.56. The largest absolute Gasteiger partial charge is 0.490 e. The first-order valence-corrected chi connectivity index (χ1v) is 11.1. The summed E-state index contributed by atoms with van der Waals surface area (Å²) in [5.41, 5.74) is 1.95. The van der Waals surface area contributed by atoms with Crippen LogP contribution in [0.25, 0.3) is 0 Å². The molecule has 2 aromatic rings. The number of nitrogens with one attached hydrogen (secondary N) is 2. The van der Waals surface area contributed by atoms with Gasteiger partial charge in [-0.1, -0.05) is 6.07 Å². The zero-order valence-electron chi connectivity index (χ0n) is 17.6. The SMILES string of the molecule is Cc1ccc(S(=O)(=O)N(C)C)cc1NC(=O)[C@@H](C)Nc1ccc2c(c1)OCCCO2. The van der Waals surface area contributed by atoms with E-state index >= 15 is 0 Å². The number of carbonyl (C=O) groups excluding carboxylic acids is 1. The molecule has 0 aliphatic carbocycles. The van der Waals surface area contributed by atoms with Gasteiger partial charge in [0, 0.05) is 38.0 Å². The molecule has 0 radical (unpaired) electrons. The van der Waals surface area contributed by atoms with Crippen LogP contribution in [0.4, 0.5) is 11.4 Å². The molecule has 0 saturated carbocycles. The molecular formula is C21H27N3O5S. The quantitative estimate of drug-likeness (QED) is 0.727. The number of hydrogen-bond donors (Lipinski definition) is 2. The highest BCUT2D eigenvalue weighted by atomic mass is 32.2. The molecule has 3 rings (SSSR count). The van der Waals surface area contributed by atoms with E-state index in [0.717, 1.165) is 22.0 Å². The van der Waals surface area contributed by atoms with E-state index in [2.05, 4.69) is 10.6 Å². The number of nitrogens with zero attached hydrogens (tertiary/aromatic N) is 1. The molecule has 8 nitrogen and oxygen atoms in total. The minimum absolute atomic E-state index is 0.122. The second-order valence-electron chi connectivity index (χ2n) is 7.33. The van der Waals surface area contributed by atoms with Gasteiger partial charge in [-0.05, 0) is 43.7 Å². The maximum atomic E-state index is 12.7. The fourth-order valence-corrected chi connectivity index (χ4v) is 3.85. The number of anilines is 2. The zero-order valence-corrected chi connectivity index (χ0v) is 18.4. The molecule has 0 spiro atoms. The molecule has 162 valence electrons. The molecular weight excluding hydrogens is 406 g/mol. The molecule has 0 unspecified atom stereocenters. The van der Waals surface area contributed by atoms with Gasteiger partial charge in [-0.2, -0.15) is 0 Å². The van der Waals surface area contributed by atoms with Gasteiger partial charge < -0.3 is 20.1 Å². The Morgan fingerprint density at radius 2 is 1.77 bits per heavy atom. The Balaban J connectivity index is 1.72. The molecule has 1 aliphatic rings. The van der Waals surface area contributed by atoms with Crippen molar-refractivity contribution in [1.82, 2.24) is 4.31 Å². The van der Waals surface area contributed by atoms with Crippen molar-refractivity contribution in [3.05, 3.63) is 42.0 Å². The summed E-state index contributed by atoms with van der Waals surface area (Å²) in [6.07, 6.45) is 0.818. The molecule has 0 saturated heterocycles. The van der Waals surface area contributed by atoms with Gasteiger partial charge in [-0.3, -0.25) is 4.79 Å². The van der Waals surface area contributed by atoms with Crippen LogP contribution in [0.3, 0.4) is 0 Å². The Morgan fingerprint density at radius 1 is 1.07 bits per heavy atom. The molecule has 2 aromatic carbocycles. The molecule has 1 heterocycles. The van der Waals surface area contributed by atoms with Gasteiger partial charge in [0.2, 0.25) is 15.9 Å². The molecule has 0 fully saturated rings. The number of hydrogen-bond acceptors (Lipinski definition) is 6. The van der Waals surface area contributed by atoms with E-state index in [1.54, 1.807) is 19.1 Å². The fraction of sp³-hybridized carbons (Fsp3) is 0.381. The van der Waals surface area contributed by atoms with E-state index in [-0.39, 0.29) is 10.8 Å². The molecule has 2 N–H and O–H groups in total. The maximum absolute atomic E-state index is 12.7. The van der Waals surface area contributed by atoms with Gasteiger partial charge in [0.25, 0.3) is 0 Å². The van der Waals surface area contributed by atoms with Gasteiger partial charge >= 0.3 is 0 Å². The average Bonchev–Trinajstić information content (AvgIpc) is 2.94. The topological polar surface area (TPSA) is 97.0 Å². The third kappa shape index (κ3) is 4.85. The van der Waals surface area contributed by atoms with E-state index in [1.165, 1.54) is 26.2 Å². The lowest BCUT2D eigenvalue weighted by molar-refractivity contribution is -0.116. The van der Waals surface area contributed by atoms with Crippen molar-refractivity contribution in [2.45, 2.75) is 31.2 Å². The highest BCUT2D eigenvalue weighted by Gasteiger charge is 2.20. The minimum Gasteiger partial charge on any atom is -0.490 e. The molecule has 0 bridgehead atoms. The number of amides is 1. The predicted octanol–water partition coefficient (Wildman–Crippen LogP) is 2.85. The molecule has 1 aliphatic heterocycles. The molecule has 9 heteroatoms. The van der Waals surface area contributed by atoms with E-state index in [4.69, 9.17) is 9.47 Å². The van der Waals surface area contributed by atoms with Gasteiger partial charge in [-0.25, -0.2) is 12.7 Å². The number of ether oxygens (including phenoxy) is 2. The number of sulfonamides is 1. The van der Waals surface area contributed by atoms with E-state index < -0.39 is 16.1 Å². The number of rotatable bonds is 6. The third-order valence-corrected chi connectivity index (χ3v) is 6.58. The normalized spacial score (nSPS) is 14.7. The van der Waals surface area contributed by atoms with Gasteiger partial charge in [0.1, 0.15) is 6.04 Å². The van der Waals surface area contributed by atoms with Crippen molar-refractivity contribution >= 4 is 27.3 Å². The number of benzene rings is 2. The smallest absolute Gasteiger partial charge is 0.246 e. The second kappa shape index (κ2) is 8.93. The summed E-state index contributed by atoms with van der Waals surface area (Å²) < 4.78 is 37.2. The van der Waals surface area contributed by atoms with E-state index in [9.17, 15) is 13.2 Å². The van der Waals surface area contributed by atoms with Gasteiger partial charge in [0.05, 0.1) is 18.1 Å². The monoisotopic (exact) mass is 433 g/mol. The van der Waals surface area contributed by atoms with Crippen LogP contribution in [0, 0.1) is 6.92 Å². The Kier molecular flexibility index (Phi) is 6.52. The van der Waals surface area contributed by atoms with Crippen LogP contribution in [-0.2, 0) is 14.8 Å². The van der Waals surface area contributed by atoms with E-state index in [1.807, 2.05) is 19.1 Å². The Bertz CT molecular complexity index is 1040. The minimum atomic E-state index is -3.59. The predicted molar refractivity (Wildman–Crippen MR) is 116 cm³/mol. The van der Waals surface area contributed by atoms with Crippen LogP contribution in [0.1, 0.15) is 18.9 Å². The number of aryl methyl sites for hydroxylation is 1. The lowest BCUT2D eigenvalue weighted by Crippen LogP contribution is -2.32. The van der Waals surface area contributed by atoms with Crippen LogP contribution < -0.4 is 20.1 Å². The van der Waals surface area contributed by atoms with E-state index in [0.29, 0.717) is 30.4 Å². The Morgan fingerprint density at radius 3 is 2.47 bits per heavy atom. The first-order chi connectivity index (χ1) is 14.2. The molecule has 30 heavy (non-hydrogen) atoms. The summed E-state index contributed by atoms with van der Waals surface area (Å²) in [5, 5.41) is 5.95. The lowest BCUT2D eigenvalue weighted by atomic mass is 10.2. The summed E-state index contributed by atoms with van der Waals surface area (Å²) >= 11 is 0. The summed E-state index contributed by atoms with van der Waals surface area (Å²) in [7, 11) is -0.658. The molecule has 1 atom stereocenters. The highest BCUT2D eigenvalue weighted by molar-refractivity contribution is 7.89. The van der Waals surface area contributed by atoms with Crippen molar-refractivity contribution < 1.29 is 22.7 Å². The first-order valence-electron chi connectivity index (χ1n) is 9.68. The average molecular weight is 434 g/mol. The summed E-state index contributed by atoms with van der Waals surface area (Å²) in [4.78, 5) is 12.8. The second-order valence-corrected chi connectivity index (χ2v) is 9.48. The van der Waals surface area contributed by atoms with Crippen molar-refractivity contribution in [3.8, 4) is 11.5 Å².